The molecule has 1 aliphatic heterocycles. The Morgan fingerprint density at radius 3 is 2.86 bits per heavy atom. The Morgan fingerprint density at radius 2 is 2.14 bits per heavy atom. The number of nitrogens with two attached hydrogens (primary N) is 1. The lowest BCUT2D eigenvalue weighted by Gasteiger charge is -2.26. The first-order chi connectivity index (χ1) is 10.1. The molecule has 0 aliphatic carbocycles. The van der Waals surface area contributed by atoms with Crippen molar-refractivity contribution in [3.05, 3.63) is 18.3 Å². The van der Waals surface area contributed by atoms with Crippen molar-refractivity contribution < 1.29 is 13.2 Å². The predicted octanol–water partition coefficient (Wildman–Crippen LogP) is -0.632. The quantitative estimate of drug-likeness (QED) is 0.349. The standard InChI is InChI=1S/C12H21N5O3S/c13-16-11-3-1-4-14-12(11)21(18,19)15-5-2-6-17-7-9-20-10-8-17/h1,3-4,15-16H,2,5-10,13H2. The number of aromatic nitrogens is 1. The molecule has 21 heavy (non-hydrogen) atoms. The Morgan fingerprint density at radius 1 is 1.38 bits per heavy atom. The molecule has 1 aromatic heterocycles. The Labute approximate surface area is 124 Å². The number of hydrazine groups is 1. The summed E-state index contributed by atoms with van der Waals surface area (Å²) >= 11 is 0. The molecule has 1 aromatic rings. The normalized spacial score (nSPS) is 16.8. The fourth-order valence-electron chi connectivity index (χ4n) is 2.12. The second-order valence-electron chi connectivity index (χ2n) is 4.71. The number of pyridine rings is 1. The molecule has 8 nitrogen and oxygen atoms in total. The highest BCUT2D eigenvalue weighted by molar-refractivity contribution is 7.89. The van der Waals surface area contributed by atoms with Crippen molar-refractivity contribution in [1.29, 1.82) is 0 Å². The van der Waals surface area contributed by atoms with Gasteiger partial charge in [0.05, 0.1) is 18.9 Å². The second-order valence-corrected chi connectivity index (χ2v) is 6.39. The van der Waals surface area contributed by atoms with Crippen molar-refractivity contribution in [3.8, 4) is 0 Å². The largest absolute Gasteiger partial charge is 0.379 e. The third-order valence-corrected chi connectivity index (χ3v) is 4.65. The number of sulfonamides is 1. The minimum Gasteiger partial charge on any atom is -0.379 e. The summed E-state index contributed by atoms with van der Waals surface area (Å²) in [6.07, 6.45) is 2.15. The fraction of sp³-hybridized carbons (Fsp3) is 0.583. The third kappa shape index (κ3) is 4.61. The van der Waals surface area contributed by atoms with E-state index >= 15 is 0 Å². The van der Waals surface area contributed by atoms with Crippen LogP contribution in [-0.4, -0.2) is 57.7 Å². The van der Waals surface area contributed by atoms with Crippen LogP contribution in [0.3, 0.4) is 0 Å². The van der Waals surface area contributed by atoms with Gasteiger partial charge in [0.2, 0.25) is 0 Å². The molecule has 2 heterocycles. The zero-order valence-electron chi connectivity index (χ0n) is 11.8. The summed E-state index contributed by atoms with van der Waals surface area (Å²) in [5, 5.41) is -0.0844. The van der Waals surface area contributed by atoms with Crippen LogP contribution in [-0.2, 0) is 14.8 Å². The molecule has 1 saturated heterocycles. The highest BCUT2D eigenvalue weighted by Gasteiger charge is 2.19. The Balaban J connectivity index is 1.83. The maximum Gasteiger partial charge on any atom is 0.260 e. The molecule has 0 aromatic carbocycles. The molecule has 0 saturated carbocycles. The number of hydrogen-bond acceptors (Lipinski definition) is 7. The summed E-state index contributed by atoms with van der Waals surface area (Å²) in [7, 11) is -3.65. The van der Waals surface area contributed by atoms with Crippen LogP contribution in [0.5, 0.6) is 0 Å². The van der Waals surface area contributed by atoms with Gasteiger partial charge in [-0.05, 0) is 25.1 Å². The number of rotatable bonds is 7. The Hall–Kier alpha value is -1.26. The Kier molecular flexibility index (Phi) is 5.88. The molecule has 118 valence electrons. The van der Waals surface area contributed by atoms with E-state index in [4.69, 9.17) is 10.6 Å². The predicted molar refractivity (Wildman–Crippen MR) is 79.1 cm³/mol. The van der Waals surface area contributed by atoms with Gasteiger partial charge in [0, 0.05) is 25.8 Å². The number of hydrogen-bond donors (Lipinski definition) is 3. The zero-order valence-corrected chi connectivity index (χ0v) is 12.6. The van der Waals surface area contributed by atoms with Crippen LogP contribution in [0, 0.1) is 0 Å². The Bertz CT molecular complexity index is 546. The van der Waals surface area contributed by atoms with Gasteiger partial charge in [-0.25, -0.2) is 18.1 Å². The molecule has 0 unspecified atom stereocenters. The van der Waals surface area contributed by atoms with E-state index in [1.165, 1.54) is 6.20 Å². The molecule has 0 radical (unpaired) electrons. The molecular formula is C12H21N5O3S. The average Bonchev–Trinajstić information content (AvgIpc) is 2.52. The number of anilines is 1. The van der Waals surface area contributed by atoms with Crippen molar-refractivity contribution >= 4 is 15.7 Å². The van der Waals surface area contributed by atoms with Gasteiger partial charge in [-0.15, -0.1) is 0 Å². The second kappa shape index (κ2) is 7.66. The summed E-state index contributed by atoms with van der Waals surface area (Å²) in [6.45, 7) is 4.48. The molecule has 0 spiro atoms. The van der Waals surface area contributed by atoms with Crippen LogP contribution >= 0.6 is 0 Å². The number of nitrogens with one attached hydrogen (secondary N) is 2. The molecule has 0 atom stereocenters. The summed E-state index contributed by atoms with van der Waals surface area (Å²) in [5.74, 6) is 5.30. The number of nitrogen functional groups attached to an aromatic ring is 1. The minimum atomic E-state index is -3.65. The molecule has 9 heteroatoms. The van der Waals surface area contributed by atoms with Crippen molar-refractivity contribution in [2.45, 2.75) is 11.4 Å². The van der Waals surface area contributed by atoms with Gasteiger partial charge < -0.3 is 10.2 Å². The van der Waals surface area contributed by atoms with Gasteiger partial charge in [-0.1, -0.05) is 0 Å². The molecule has 2 rings (SSSR count). The number of ether oxygens (including phenoxy) is 1. The zero-order chi connectivity index (χ0) is 15.1. The maximum absolute atomic E-state index is 12.2. The van der Waals surface area contributed by atoms with Gasteiger partial charge >= 0.3 is 0 Å². The van der Waals surface area contributed by atoms with E-state index in [1.54, 1.807) is 12.1 Å². The molecule has 0 amide bonds. The number of nitrogens with zero attached hydrogens (tertiary/aromatic N) is 2. The van der Waals surface area contributed by atoms with Crippen LogP contribution in [0.1, 0.15) is 6.42 Å². The van der Waals surface area contributed by atoms with Gasteiger partial charge in [0.15, 0.2) is 5.03 Å². The first-order valence-electron chi connectivity index (χ1n) is 6.85. The first-order valence-corrected chi connectivity index (χ1v) is 8.33. The van der Waals surface area contributed by atoms with E-state index in [0.717, 1.165) is 39.3 Å². The SMILES string of the molecule is NNc1cccnc1S(=O)(=O)NCCCN1CCOCC1. The smallest absolute Gasteiger partial charge is 0.260 e. The topological polar surface area (TPSA) is 110 Å². The molecule has 0 bridgehead atoms. The average molecular weight is 315 g/mol. The highest BCUT2D eigenvalue weighted by Crippen LogP contribution is 2.16. The van der Waals surface area contributed by atoms with E-state index in [0.29, 0.717) is 6.54 Å². The van der Waals surface area contributed by atoms with Crippen LogP contribution in [0.15, 0.2) is 23.4 Å². The maximum atomic E-state index is 12.2. The third-order valence-electron chi connectivity index (χ3n) is 3.23. The van der Waals surface area contributed by atoms with Crippen LogP contribution in [0.4, 0.5) is 5.69 Å². The highest BCUT2D eigenvalue weighted by atomic mass is 32.2. The first kappa shape index (κ1) is 16.1. The van der Waals surface area contributed by atoms with Crippen molar-refractivity contribution in [1.82, 2.24) is 14.6 Å². The monoisotopic (exact) mass is 315 g/mol. The van der Waals surface area contributed by atoms with E-state index in [-0.39, 0.29) is 10.7 Å². The number of morpholine rings is 1. The lowest BCUT2D eigenvalue weighted by molar-refractivity contribution is 0.0376. The van der Waals surface area contributed by atoms with E-state index in [2.05, 4.69) is 20.0 Å². The summed E-state index contributed by atoms with van der Waals surface area (Å²) in [4.78, 5) is 6.13. The molecule has 1 fully saturated rings. The van der Waals surface area contributed by atoms with Crippen LogP contribution < -0.4 is 16.0 Å². The molecule has 4 N–H and O–H groups in total. The van der Waals surface area contributed by atoms with E-state index in [9.17, 15) is 8.42 Å². The van der Waals surface area contributed by atoms with Gasteiger partial charge in [0.1, 0.15) is 0 Å². The van der Waals surface area contributed by atoms with Gasteiger partial charge in [-0.3, -0.25) is 10.7 Å². The molecular weight excluding hydrogens is 294 g/mol. The lowest BCUT2D eigenvalue weighted by Crippen LogP contribution is -2.38. The van der Waals surface area contributed by atoms with E-state index < -0.39 is 10.0 Å². The molecule has 1 aliphatic rings. The summed E-state index contributed by atoms with van der Waals surface area (Å²) in [6, 6.07) is 3.18. The summed E-state index contributed by atoms with van der Waals surface area (Å²) < 4.78 is 32.1. The minimum absolute atomic E-state index is 0.0844. The summed E-state index contributed by atoms with van der Waals surface area (Å²) in [5.41, 5.74) is 2.62. The van der Waals surface area contributed by atoms with Crippen molar-refractivity contribution in [2.24, 2.45) is 5.84 Å². The van der Waals surface area contributed by atoms with Crippen molar-refractivity contribution in [3.63, 3.8) is 0 Å². The van der Waals surface area contributed by atoms with Gasteiger partial charge in [-0.2, -0.15) is 0 Å². The lowest BCUT2D eigenvalue weighted by atomic mass is 10.3. The van der Waals surface area contributed by atoms with Crippen molar-refractivity contribution in [2.75, 3.05) is 44.8 Å². The van der Waals surface area contributed by atoms with Crippen LogP contribution in [0.25, 0.3) is 0 Å². The van der Waals surface area contributed by atoms with Crippen LogP contribution in [0.2, 0.25) is 0 Å². The fourth-order valence-corrected chi connectivity index (χ4v) is 3.28. The van der Waals surface area contributed by atoms with E-state index in [1.807, 2.05) is 0 Å². The van der Waals surface area contributed by atoms with Gasteiger partial charge in [0.25, 0.3) is 10.0 Å².